The van der Waals surface area contributed by atoms with Gasteiger partial charge in [-0.05, 0) is 72.8 Å². The van der Waals surface area contributed by atoms with Crippen molar-refractivity contribution in [3.63, 3.8) is 0 Å². The van der Waals surface area contributed by atoms with Crippen LogP contribution in [0.3, 0.4) is 0 Å². The highest BCUT2D eigenvalue weighted by Gasteiger charge is 2.35. The van der Waals surface area contributed by atoms with Crippen LogP contribution in [0.1, 0.15) is 30.4 Å². The van der Waals surface area contributed by atoms with Crippen molar-refractivity contribution in [3.8, 4) is 5.75 Å². The lowest BCUT2D eigenvalue weighted by Crippen LogP contribution is -2.56. The van der Waals surface area contributed by atoms with Crippen molar-refractivity contribution in [1.82, 2.24) is 15.1 Å². The molecule has 1 amide bonds. The standard InChI is InChI=1S/C33H40ClFN4O2/c1-41-32-11-3-2-10-31(32)39-18-16-38(17-19-39)30-14-15-37(23-26-7-4-8-28(34)20-26)24-27(30)12-13-33(40)36-22-25-6-5-9-29(35)21-25/h2-11,20-21,27,30H,12-19,22-24H2,1H3,(H,36,40)/t27-,30+/m0/s1. The summed E-state index contributed by atoms with van der Waals surface area (Å²) in [6.45, 7) is 7.04. The predicted octanol–water partition coefficient (Wildman–Crippen LogP) is 5.60. The van der Waals surface area contributed by atoms with E-state index in [4.69, 9.17) is 16.3 Å². The van der Waals surface area contributed by atoms with Crippen LogP contribution in [0.25, 0.3) is 0 Å². The average molecular weight is 579 g/mol. The van der Waals surface area contributed by atoms with E-state index in [0.717, 1.165) is 80.7 Å². The minimum atomic E-state index is -0.285. The highest BCUT2D eigenvalue weighted by atomic mass is 35.5. The highest BCUT2D eigenvalue weighted by Crippen LogP contribution is 2.32. The van der Waals surface area contributed by atoms with Gasteiger partial charge in [0.25, 0.3) is 0 Å². The quantitative estimate of drug-likeness (QED) is 0.339. The third kappa shape index (κ3) is 8.00. The number of nitrogens with zero attached hydrogens (tertiary/aromatic N) is 3. The van der Waals surface area contributed by atoms with Crippen molar-refractivity contribution >= 4 is 23.2 Å². The zero-order valence-corrected chi connectivity index (χ0v) is 24.5. The van der Waals surface area contributed by atoms with Crippen LogP contribution in [-0.2, 0) is 17.9 Å². The number of ether oxygens (including phenoxy) is 1. The maximum Gasteiger partial charge on any atom is 0.220 e. The Balaban J connectivity index is 1.21. The number of methoxy groups -OCH3 is 1. The Morgan fingerprint density at radius 1 is 0.976 bits per heavy atom. The number of rotatable bonds is 10. The van der Waals surface area contributed by atoms with Gasteiger partial charge in [-0.25, -0.2) is 4.39 Å². The molecule has 6 nitrogen and oxygen atoms in total. The molecule has 0 aromatic heterocycles. The first kappa shape index (κ1) is 29.4. The normalized spacial score (nSPS) is 20.1. The number of piperidine rings is 1. The molecule has 8 heteroatoms. The fourth-order valence-corrected chi connectivity index (χ4v) is 6.55. The van der Waals surface area contributed by atoms with E-state index in [9.17, 15) is 9.18 Å². The molecule has 0 unspecified atom stereocenters. The Morgan fingerprint density at radius 2 is 1.76 bits per heavy atom. The van der Waals surface area contributed by atoms with Crippen LogP contribution in [0.4, 0.5) is 10.1 Å². The van der Waals surface area contributed by atoms with Gasteiger partial charge in [0.15, 0.2) is 0 Å². The molecule has 0 radical (unpaired) electrons. The maximum atomic E-state index is 13.5. The molecule has 218 valence electrons. The Kier molecular flexibility index (Phi) is 10.1. The van der Waals surface area contributed by atoms with Gasteiger partial charge in [-0.2, -0.15) is 0 Å². The summed E-state index contributed by atoms with van der Waals surface area (Å²) in [7, 11) is 1.73. The minimum absolute atomic E-state index is 0.0148. The molecular weight excluding hydrogens is 539 g/mol. The number of likely N-dealkylation sites (tertiary alicyclic amines) is 1. The van der Waals surface area contributed by atoms with Gasteiger partial charge in [0.05, 0.1) is 12.8 Å². The molecule has 5 rings (SSSR count). The summed E-state index contributed by atoms with van der Waals surface area (Å²) in [6, 6.07) is 23.1. The van der Waals surface area contributed by atoms with Crippen molar-refractivity contribution in [2.24, 2.45) is 5.92 Å². The summed E-state index contributed by atoms with van der Waals surface area (Å²) in [6.07, 6.45) is 2.35. The topological polar surface area (TPSA) is 48.1 Å². The third-order valence-electron chi connectivity index (χ3n) is 8.40. The zero-order chi connectivity index (χ0) is 28.6. The molecule has 0 saturated carbocycles. The molecule has 3 aromatic rings. The van der Waals surface area contributed by atoms with E-state index >= 15 is 0 Å². The summed E-state index contributed by atoms with van der Waals surface area (Å²) < 4.78 is 19.1. The van der Waals surface area contributed by atoms with E-state index in [2.05, 4.69) is 38.2 Å². The second kappa shape index (κ2) is 14.2. The number of benzene rings is 3. The van der Waals surface area contributed by atoms with E-state index in [-0.39, 0.29) is 11.7 Å². The summed E-state index contributed by atoms with van der Waals surface area (Å²) in [5.41, 5.74) is 3.14. The van der Waals surface area contributed by atoms with Crippen LogP contribution in [0.5, 0.6) is 5.75 Å². The molecular formula is C33H40ClFN4O2. The van der Waals surface area contributed by atoms with Gasteiger partial charge in [-0.15, -0.1) is 0 Å². The number of hydrogen-bond acceptors (Lipinski definition) is 5. The Morgan fingerprint density at radius 3 is 2.54 bits per heavy atom. The Hall–Kier alpha value is -3.13. The van der Waals surface area contributed by atoms with E-state index in [1.165, 1.54) is 17.7 Å². The number of halogens is 2. The number of amides is 1. The van der Waals surface area contributed by atoms with E-state index in [0.29, 0.717) is 24.9 Å². The van der Waals surface area contributed by atoms with Crippen LogP contribution in [0, 0.1) is 11.7 Å². The minimum Gasteiger partial charge on any atom is -0.495 e. The fraction of sp³-hybridized carbons (Fsp3) is 0.424. The van der Waals surface area contributed by atoms with Crippen molar-refractivity contribution in [2.75, 3.05) is 51.3 Å². The maximum absolute atomic E-state index is 13.5. The Bertz CT molecular complexity index is 1300. The predicted molar refractivity (Wildman–Crippen MR) is 163 cm³/mol. The number of piperazine rings is 1. The van der Waals surface area contributed by atoms with Crippen molar-refractivity contribution in [1.29, 1.82) is 0 Å². The van der Waals surface area contributed by atoms with Crippen molar-refractivity contribution in [2.45, 2.75) is 38.4 Å². The number of carbonyl (C=O) groups is 1. The second-order valence-electron chi connectivity index (χ2n) is 11.1. The van der Waals surface area contributed by atoms with Gasteiger partial charge in [0, 0.05) is 63.3 Å². The molecule has 3 aromatic carbocycles. The van der Waals surface area contributed by atoms with Gasteiger partial charge in [0.1, 0.15) is 11.6 Å². The summed E-state index contributed by atoms with van der Waals surface area (Å²) in [4.78, 5) is 20.4. The van der Waals surface area contributed by atoms with E-state index in [1.54, 1.807) is 13.2 Å². The first-order chi connectivity index (χ1) is 20.0. The third-order valence-corrected chi connectivity index (χ3v) is 8.64. The molecule has 2 heterocycles. The van der Waals surface area contributed by atoms with Crippen LogP contribution in [0.15, 0.2) is 72.8 Å². The smallest absolute Gasteiger partial charge is 0.220 e. The molecule has 2 aliphatic rings. The first-order valence-electron chi connectivity index (χ1n) is 14.6. The molecule has 0 spiro atoms. The van der Waals surface area contributed by atoms with E-state index in [1.807, 2.05) is 36.4 Å². The van der Waals surface area contributed by atoms with Gasteiger partial charge < -0.3 is 15.0 Å². The molecule has 2 atom stereocenters. The number of carbonyl (C=O) groups excluding carboxylic acids is 1. The van der Waals surface area contributed by atoms with Crippen molar-refractivity contribution < 1.29 is 13.9 Å². The van der Waals surface area contributed by atoms with E-state index < -0.39 is 0 Å². The largest absolute Gasteiger partial charge is 0.495 e. The van der Waals surface area contributed by atoms with Gasteiger partial charge >= 0.3 is 0 Å². The summed E-state index contributed by atoms with van der Waals surface area (Å²) in [5, 5.41) is 3.75. The lowest BCUT2D eigenvalue weighted by Gasteiger charge is -2.47. The van der Waals surface area contributed by atoms with Gasteiger partial charge in [-0.3, -0.25) is 14.6 Å². The fourth-order valence-electron chi connectivity index (χ4n) is 6.33. The van der Waals surface area contributed by atoms with Gasteiger partial charge in [0.2, 0.25) is 5.91 Å². The lowest BCUT2D eigenvalue weighted by molar-refractivity contribution is -0.121. The monoisotopic (exact) mass is 578 g/mol. The van der Waals surface area contributed by atoms with Gasteiger partial charge in [-0.1, -0.05) is 48.0 Å². The first-order valence-corrected chi connectivity index (χ1v) is 15.0. The lowest BCUT2D eigenvalue weighted by atomic mass is 9.86. The van der Waals surface area contributed by atoms with Crippen LogP contribution in [0.2, 0.25) is 5.02 Å². The SMILES string of the molecule is COc1ccccc1N1CCN([C@@H]2CCN(Cc3cccc(Cl)c3)C[C@@H]2CCC(=O)NCc2cccc(F)c2)CC1. The molecule has 2 aliphatic heterocycles. The molecule has 1 N–H and O–H groups in total. The number of para-hydroxylation sites is 2. The summed E-state index contributed by atoms with van der Waals surface area (Å²) in [5.74, 6) is 1.02. The van der Waals surface area contributed by atoms with Crippen LogP contribution >= 0.6 is 11.6 Å². The zero-order valence-electron chi connectivity index (χ0n) is 23.8. The average Bonchev–Trinajstić information content (AvgIpc) is 2.99. The highest BCUT2D eigenvalue weighted by molar-refractivity contribution is 6.30. The van der Waals surface area contributed by atoms with Crippen LogP contribution < -0.4 is 15.0 Å². The molecule has 0 bridgehead atoms. The molecule has 0 aliphatic carbocycles. The second-order valence-corrected chi connectivity index (χ2v) is 11.6. The summed E-state index contributed by atoms with van der Waals surface area (Å²) >= 11 is 6.26. The number of hydrogen-bond donors (Lipinski definition) is 1. The molecule has 2 saturated heterocycles. The molecule has 41 heavy (non-hydrogen) atoms. The van der Waals surface area contributed by atoms with Crippen molar-refractivity contribution in [3.05, 3.63) is 94.8 Å². The Labute approximate surface area is 248 Å². The molecule has 2 fully saturated rings. The number of nitrogens with one attached hydrogen (secondary N) is 1. The van der Waals surface area contributed by atoms with Crippen LogP contribution in [-0.4, -0.2) is 68.1 Å². The number of anilines is 1.